The number of carbonyl (C=O) groups excluding carboxylic acids is 1. The molecule has 0 bridgehead atoms. The van der Waals surface area contributed by atoms with Crippen molar-refractivity contribution in [2.75, 3.05) is 0 Å². The fourth-order valence-corrected chi connectivity index (χ4v) is 3.09. The number of rotatable bonds is 4. The highest BCUT2D eigenvalue weighted by Crippen LogP contribution is 2.33. The monoisotopic (exact) mass is 307 g/mol. The Morgan fingerprint density at radius 3 is 2.65 bits per heavy atom. The van der Waals surface area contributed by atoms with Gasteiger partial charge in [0.05, 0.1) is 17.7 Å². The summed E-state index contributed by atoms with van der Waals surface area (Å²) < 4.78 is 0. The number of aromatic nitrogens is 2. The lowest BCUT2D eigenvalue weighted by Gasteiger charge is -2.24. The van der Waals surface area contributed by atoms with E-state index in [1.165, 1.54) is 0 Å². The van der Waals surface area contributed by atoms with Gasteiger partial charge in [-0.25, -0.2) is 0 Å². The normalized spacial score (nSPS) is 11.6. The van der Waals surface area contributed by atoms with E-state index in [1.54, 1.807) is 6.20 Å². The molecule has 0 saturated carbocycles. The zero-order chi connectivity index (χ0) is 16.4. The van der Waals surface area contributed by atoms with Crippen LogP contribution in [0.25, 0.3) is 10.9 Å². The van der Waals surface area contributed by atoms with Gasteiger partial charge in [0, 0.05) is 22.8 Å². The van der Waals surface area contributed by atoms with Gasteiger partial charge < -0.3 is 10.3 Å². The number of amides is 1. The summed E-state index contributed by atoms with van der Waals surface area (Å²) in [6.45, 7) is 6.38. The zero-order valence-corrected chi connectivity index (χ0v) is 13.7. The summed E-state index contributed by atoms with van der Waals surface area (Å²) in [6.07, 6.45) is 1.73. The first kappa shape index (κ1) is 15.3. The summed E-state index contributed by atoms with van der Waals surface area (Å²) in [5, 5.41) is 4.10. The van der Waals surface area contributed by atoms with Crippen molar-refractivity contribution in [3.63, 3.8) is 0 Å². The summed E-state index contributed by atoms with van der Waals surface area (Å²) in [7, 11) is 0. The predicted molar refractivity (Wildman–Crippen MR) is 92.1 cm³/mol. The Balaban J connectivity index is 1.87. The number of aryl methyl sites for hydroxylation is 1. The molecule has 0 saturated heterocycles. The van der Waals surface area contributed by atoms with Crippen LogP contribution in [0.2, 0.25) is 0 Å². The average Bonchev–Trinajstić information content (AvgIpc) is 2.89. The number of pyridine rings is 1. The van der Waals surface area contributed by atoms with Gasteiger partial charge >= 0.3 is 0 Å². The third-order valence-electron chi connectivity index (χ3n) is 4.24. The van der Waals surface area contributed by atoms with E-state index in [-0.39, 0.29) is 5.91 Å². The highest BCUT2D eigenvalue weighted by Gasteiger charge is 2.33. The number of H-pyrrole nitrogens is 1. The Hall–Kier alpha value is -2.62. The number of aromatic amines is 1. The van der Waals surface area contributed by atoms with Crippen LogP contribution in [0, 0.1) is 6.92 Å². The molecule has 0 unspecified atom stereocenters. The van der Waals surface area contributed by atoms with Gasteiger partial charge in [0.15, 0.2) is 0 Å². The second-order valence-electron chi connectivity index (χ2n) is 6.30. The van der Waals surface area contributed by atoms with Crippen molar-refractivity contribution in [3.05, 3.63) is 65.6 Å². The summed E-state index contributed by atoms with van der Waals surface area (Å²) in [4.78, 5) is 20.4. The van der Waals surface area contributed by atoms with Gasteiger partial charge in [0.2, 0.25) is 5.91 Å². The molecule has 3 aromatic rings. The van der Waals surface area contributed by atoms with Crippen molar-refractivity contribution in [2.24, 2.45) is 0 Å². The van der Waals surface area contributed by atoms with Crippen molar-refractivity contribution >= 4 is 16.8 Å². The van der Waals surface area contributed by atoms with E-state index in [4.69, 9.17) is 0 Å². The minimum absolute atomic E-state index is 0.00370. The first-order valence-electron chi connectivity index (χ1n) is 7.76. The topological polar surface area (TPSA) is 57.8 Å². The first-order chi connectivity index (χ1) is 11.0. The number of carbonyl (C=O) groups is 1. The summed E-state index contributed by atoms with van der Waals surface area (Å²) in [6, 6.07) is 13.8. The number of benzene rings is 1. The molecule has 0 aliphatic carbocycles. The van der Waals surface area contributed by atoms with Crippen molar-refractivity contribution in [1.82, 2.24) is 15.3 Å². The van der Waals surface area contributed by atoms with Gasteiger partial charge in [-0.2, -0.15) is 0 Å². The van der Waals surface area contributed by atoms with Crippen LogP contribution >= 0.6 is 0 Å². The predicted octanol–water partition coefficient (Wildman–Crippen LogP) is 3.47. The standard InChI is InChI=1S/C19H21N3O/c1-13-17(15-9-4-5-10-16(15)22-13)19(2,3)18(23)21-12-14-8-6-7-11-20-14/h4-11,22H,12H2,1-3H3,(H,21,23). The molecule has 0 radical (unpaired) electrons. The van der Waals surface area contributed by atoms with E-state index in [1.807, 2.05) is 57.2 Å². The van der Waals surface area contributed by atoms with E-state index in [2.05, 4.69) is 21.4 Å². The molecule has 0 spiro atoms. The molecule has 2 aromatic heterocycles. The third kappa shape index (κ3) is 2.84. The number of nitrogens with zero attached hydrogens (tertiary/aromatic N) is 1. The van der Waals surface area contributed by atoms with Gasteiger partial charge in [-0.15, -0.1) is 0 Å². The fourth-order valence-electron chi connectivity index (χ4n) is 3.09. The van der Waals surface area contributed by atoms with Gasteiger partial charge in [-0.05, 0) is 44.5 Å². The Morgan fingerprint density at radius 1 is 1.17 bits per heavy atom. The molecule has 23 heavy (non-hydrogen) atoms. The molecule has 4 heteroatoms. The molecule has 4 nitrogen and oxygen atoms in total. The Morgan fingerprint density at radius 2 is 1.91 bits per heavy atom. The summed E-state index contributed by atoms with van der Waals surface area (Å²) in [5.41, 5.74) is 3.37. The Bertz CT molecular complexity index is 834. The van der Waals surface area contributed by atoms with Crippen molar-refractivity contribution in [2.45, 2.75) is 32.7 Å². The Labute approximate surface area is 136 Å². The molecule has 3 rings (SSSR count). The maximum Gasteiger partial charge on any atom is 0.230 e. The first-order valence-corrected chi connectivity index (χ1v) is 7.76. The minimum Gasteiger partial charge on any atom is -0.358 e. The molecule has 0 atom stereocenters. The fraction of sp³-hybridized carbons (Fsp3) is 0.263. The molecule has 0 fully saturated rings. The molecule has 1 amide bonds. The minimum atomic E-state index is -0.627. The molecule has 2 heterocycles. The maximum atomic E-state index is 12.8. The van der Waals surface area contributed by atoms with Gasteiger partial charge in [0.1, 0.15) is 0 Å². The van der Waals surface area contributed by atoms with Crippen LogP contribution in [0.3, 0.4) is 0 Å². The lowest BCUT2D eigenvalue weighted by atomic mass is 9.81. The molecule has 0 aliphatic heterocycles. The highest BCUT2D eigenvalue weighted by atomic mass is 16.2. The van der Waals surface area contributed by atoms with E-state index in [0.29, 0.717) is 6.54 Å². The zero-order valence-electron chi connectivity index (χ0n) is 13.7. The molecule has 1 aromatic carbocycles. The van der Waals surface area contributed by atoms with Crippen LogP contribution in [0.15, 0.2) is 48.7 Å². The van der Waals surface area contributed by atoms with Gasteiger partial charge in [-0.3, -0.25) is 9.78 Å². The molecule has 118 valence electrons. The lowest BCUT2D eigenvalue weighted by Crippen LogP contribution is -2.40. The maximum absolute atomic E-state index is 12.8. The second-order valence-corrected chi connectivity index (χ2v) is 6.30. The number of para-hydroxylation sites is 1. The van der Waals surface area contributed by atoms with Crippen LogP contribution < -0.4 is 5.32 Å². The summed E-state index contributed by atoms with van der Waals surface area (Å²) >= 11 is 0. The smallest absolute Gasteiger partial charge is 0.230 e. The van der Waals surface area contributed by atoms with Crippen LogP contribution in [-0.2, 0) is 16.8 Å². The van der Waals surface area contributed by atoms with Crippen molar-refractivity contribution in [1.29, 1.82) is 0 Å². The van der Waals surface area contributed by atoms with E-state index < -0.39 is 5.41 Å². The van der Waals surface area contributed by atoms with Crippen molar-refractivity contribution < 1.29 is 4.79 Å². The van der Waals surface area contributed by atoms with Crippen LogP contribution in [0.4, 0.5) is 0 Å². The number of fused-ring (bicyclic) bond motifs is 1. The van der Waals surface area contributed by atoms with E-state index in [0.717, 1.165) is 27.9 Å². The van der Waals surface area contributed by atoms with Gasteiger partial charge in [-0.1, -0.05) is 24.3 Å². The second kappa shape index (κ2) is 5.88. The van der Waals surface area contributed by atoms with Crippen molar-refractivity contribution in [3.8, 4) is 0 Å². The summed E-state index contributed by atoms with van der Waals surface area (Å²) in [5.74, 6) is -0.00370. The molecule has 2 N–H and O–H groups in total. The SMILES string of the molecule is Cc1[nH]c2ccccc2c1C(C)(C)C(=O)NCc1ccccn1. The number of hydrogen-bond donors (Lipinski definition) is 2. The van der Waals surface area contributed by atoms with Gasteiger partial charge in [0.25, 0.3) is 0 Å². The molecular formula is C19H21N3O. The quantitative estimate of drug-likeness (QED) is 0.775. The van der Waals surface area contributed by atoms with Crippen LogP contribution in [0.5, 0.6) is 0 Å². The number of hydrogen-bond acceptors (Lipinski definition) is 2. The molecule has 0 aliphatic rings. The number of nitrogens with one attached hydrogen (secondary N) is 2. The third-order valence-corrected chi connectivity index (χ3v) is 4.24. The Kier molecular flexibility index (Phi) is 3.90. The van der Waals surface area contributed by atoms with E-state index in [9.17, 15) is 4.79 Å². The highest BCUT2D eigenvalue weighted by molar-refractivity contribution is 5.95. The largest absolute Gasteiger partial charge is 0.358 e. The van der Waals surface area contributed by atoms with E-state index >= 15 is 0 Å². The lowest BCUT2D eigenvalue weighted by molar-refractivity contribution is -0.125. The van der Waals surface area contributed by atoms with Crippen LogP contribution in [0.1, 0.15) is 30.8 Å². The van der Waals surface area contributed by atoms with Crippen LogP contribution in [-0.4, -0.2) is 15.9 Å². The molecular weight excluding hydrogens is 286 g/mol. The average molecular weight is 307 g/mol.